The largest absolute Gasteiger partial charge is 0.484 e. The van der Waals surface area contributed by atoms with Crippen LogP contribution in [0.5, 0.6) is 5.75 Å². The summed E-state index contributed by atoms with van der Waals surface area (Å²) in [4.78, 5) is 16.3. The third kappa shape index (κ3) is 4.62. The minimum absolute atomic E-state index is 0.0849. The average Bonchev–Trinajstić information content (AvgIpc) is 3.20. The summed E-state index contributed by atoms with van der Waals surface area (Å²) < 4.78 is 7.60. The molecule has 2 heterocycles. The number of thiazole rings is 1. The number of carbonyl (C=O) groups excluding carboxylic acids is 1. The Morgan fingerprint density at radius 2 is 1.96 bits per heavy atom. The maximum absolute atomic E-state index is 12.0. The van der Waals surface area contributed by atoms with Crippen LogP contribution < -0.4 is 10.2 Å². The van der Waals surface area contributed by atoms with Gasteiger partial charge >= 0.3 is 0 Å². The Labute approximate surface area is 162 Å². The topological polar surface area (TPSA) is 68.5 Å². The van der Waals surface area contributed by atoms with Crippen LogP contribution in [0, 0.1) is 27.7 Å². The molecule has 27 heavy (non-hydrogen) atoms. The summed E-state index contributed by atoms with van der Waals surface area (Å²) >= 11 is 1.57. The van der Waals surface area contributed by atoms with E-state index in [0.717, 1.165) is 33.2 Å². The van der Waals surface area contributed by atoms with Gasteiger partial charge in [0.1, 0.15) is 5.75 Å². The smallest absolute Gasteiger partial charge is 0.277 e. The lowest BCUT2D eigenvalue weighted by Gasteiger charge is -2.07. The molecule has 3 rings (SSSR count). The summed E-state index contributed by atoms with van der Waals surface area (Å²) in [6.45, 7) is 7.92. The van der Waals surface area contributed by atoms with Crippen molar-refractivity contribution in [2.75, 3.05) is 6.61 Å². The highest BCUT2D eigenvalue weighted by molar-refractivity contribution is 7.12. The molecule has 1 aromatic carbocycles. The fraction of sp³-hybridized carbons (Fsp3) is 0.250. The summed E-state index contributed by atoms with van der Waals surface area (Å²) in [6, 6.07) is 7.87. The van der Waals surface area contributed by atoms with Gasteiger partial charge in [-0.15, -0.1) is 11.3 Å². The standard InChI is InChI=1S/C20H22N4O2S/c1-13-7-14(2)9-18(8-13)26-12-19(25)23-22-11-17-10-15(3)24(16(17)4)20-21-5-6-27-20/h5-11H,12H2,1-4H3,(H,23,25)/b22-11-. The molecule has 6 nitrogen and oxygen atoms in total. The zero-order valence-corrected chi connectivity index (χ0v) is 16.6. The molecule has 1 amide bonds. The van der Waals surface area contributed by atoms with Crippen LogP contribution in [0.15, 0.2) is 40.9 Å². The number of amides is 1. The first-order chi connectivity index (χ1) is 12.9. The molecule has 7 heteroatoms. The average molecular weight is 382 g/mol. The summed E-state index contributed by atoms with van der Waals surface area (Å²) in [6.07, 6.45) is 3.42. The van der Waals surface area contributed by atoms with Gasteiger partial charge in [0, 0.05) is 28.5 Å². The van der Waals surface area contributed by atoms with Crippen molar-refractivity contribution in [3.8, 4) is 10.9 Å². The fourth-order valence-corrected chi connectivity index (χ4v) is 3.66. The second-order valence-corrected chi connectivity index (χ2v) is 7.25. The van der Waals surface area contributed by atoms with E-state index in [9.17, 15) is 4.79 Å². The molecule has 0 aliphatic rings. The van der Waals surface area contributed by atoms with E-state index >= 15 is 0 Å². The number of hydrogen-bond acceptors (Lipinski definition) is 5. The number of nitrogens with zero attached hydrogens (tertiary/aromatic N) is 3. The number of nitrogens with one attached hydrogen (secondary N) is 1. The first kappa shape index (κ1) is 18.8. The van der Waals surface area contributed by atoms with Crippen molar-refractivity contribution in [1.82, 2.24) is 15.0 Å². The van der Waals surface area contributed by atoms with Crippen molar-refractivity contribution in [1.29, 1.82) is 0 Å². The zero-order valence-electron chi connectivity index (χ0n) is 15.8. The van der Waals surface area contributed by atoms with E-state index in [1.54, 1.807) is 23.7 Å². The van der Waals surface area contributed by atoms with Crippen LogP contribution in [0.4, 0.5) is 0 Å². The molecular weight excluding hydrogens is 360 g/mol. The predicted octanol–water partition coefficient (Wildman–Crippen LogP) is 3.70. The first-order valence-electron chi connectivity index (χ1n) is 8.56. The van der Waals surface area contributed by atoms with Crippen LogP contribution in [0.3, 0.4) is 0 Å². The summed E-state index contributed by atoms with van der Waals surface area (Å²) in [5.74, 6) is 0.373. The maximum Gasteiger partial charge on any atom is 0.277 e. The number of hydrogen-bond donors (Lipinski definition) is 1. The van der Waals surface area contributed by atoms with Gasteiger partial charge in [-0.25, -0.2) is 10.4 Å². The second-order valence-electron chi connectivity index (χ2n) is 6.38. The Balaban J connectivity index is 1.59. The van der Waals surface area contributed by atoms with Crippen molar-refractivity contribution >= 4 is 23.5 Å². The van der Waals surface area contributed by atoms with Gasteiger partial charge in [-0.05, 0) is 57.0 Å². The highest BCUT2D eigenvalue weighted by Crippen LogP contribution is 2.21. The van der Waals surface area contributed by atoms with Crippen molar-refractivity contribution in [3.05, 3.63) is 63.9 Å². The van der Waals surface area contributed by atoms with Crippen molar-refractivity contribution in [2.24, 2.45) is 5.10 Å². The SMILES string of the molecule is Cc1cc(C)cc(OCC(=O)N/N=C\c2cc(C)n(-c3nccs3)c2C)c1. The highest BCUT2D eigenvalue weighted by atomic mass is 32.1. The number of ether oxygens (including phenoxy) is 1. The number of hydrazone groups is 1. The third-order valence-electron chi connectivity index (χ3n) is 4.04. The number of carbonyl (C=O) groups is 1. The van der Waals surface area contributed by atoms with E-state index in [2.05, 4.69) is 26.1 Å². The van der Waals surface area contributed by atoms with Gasteiger partial charge in [-0.3, -0.25) is 9.36 Å². The number of aromatic nitrogens is 2. The van der Waals surface area contributed by atoms with E-state index in [1.807, 2.05) is 51.3 Å². The van der Waals surface area contributed by atoms with E-state index in [0.29, 0.717) is 5.75 Å². The van der Waals surface area contributed by atoms with Gasteiger partial charge in [0.05, 0.1) is 6.21 Å². The molecule has 3 aromatic rings. The monoisotopic (exact) mass is 382 g/mol. The first-order valence-corrected chi connectivity index (χ1v) is 9.44. The predicted molar refractivity (Wildman–Crippen MR) is 108 cm³/mol. The van der Waals surface area contributed by atoms with Crippen LogP contribution in [-0.2, 0) is 4.79 Å². The number of aryl methyl sites for hydroxylation is 3. The van der Waals surface area contributed by atoms with Crippen LogP contribution in [0.25, 0.3) is 5.13 Å². The van der Waals surface area contributed by atoms with Crippen molar-refractivity contribution < 1.29 is 9.53 Å². The lowest BCUT2D eigenvalue weighted by molar-refractivity contribution is -0.123. The number of benzene rings is 1. The molecule has 2 aromatic heterocycles. The molecular formula is C20H22N4O2S. The molecule has 0 bridgehead atoms. The molecule has 0 radical (unpaired) electrons. The molecule has 0 saturated carbocycles. The number of rotatable bonds is 6. The van der Waals surface area contributed by atoms with Gasteiger partial charge in [0.2, 0.25) is 0 Å². The Morgan fingerprint density at radius 1 is 1.22 bits per heavy atom. The third-order valence-corrected chi connectivity index (χ3v) is 4.80. The summed E-state index contributed by atoms with van der Waals surface area (Å²) in [5.41, 5.74) is 7.71. The Bertz CT molecular complexity index is 954. The Hall–Kier alpha value is -2.93. The van der Waals surface area contributed by atoms with Gasteiger partial charge in [0.25, 0.3) is 5.91 Å². The van der Waals surface area contributed by atoms with Crippen LogP contribution in [0.1, 0.15) is 28.1 Å². The summed E-state index contributed by atoms with van der Waals surface area (Å²) in [5, 5.41) is 6.91. The van der Waals surface area contributed by atoms with E-state index in [1.165, 1.54) is 0 Å². The molecule has 0 aliphatic carbocycles. The molecule has 0 atom stereocenters. The van der Waals surface area contributed by atoms with E-state index in [4.69, 9.17) is 4.74 Å². The molecule has 140 valence electrons. The minimum atomic E-state index is -0.306. The van der Waals surface area contributed by atoms with Crippen LogP contribution in [0.2, 0.25) is 0 Å². The quantitative estimate of drug-likeness (QED) is 0.522. The molecule has 0 saturated heterocycles. The van der Waals surface area contributed by atoms with Crippen molar-refractivity contribution in [3.63, 3.8) is 0 Å². The van der Waals surface area contributed by atoms with E-state index in [-0.39, 0.29) is 12.5 Å². The van der Waals surface area contributed by atoms with Gasteiger partial charge in [0.15, 0.2) is 11.7 Å². The minimum Gasteiger partial charge on any atom is -0.484 e. The summed E-state index contributed by atoms with van der Waals surface area (Å²) in [7, 11) is 0. The fourth-order valence-electron chi connectivity index (χ4n) is 2.91. The normalized spacial score (nSPS) is 11.1. The Morgan fingerprint density at radius 3 is 2.63 bits per heavy atom. The van der Waals surface area contributed by atoms with Gasteiger partial charge in [-0.2, -0.15) is 5.10 Å². The maximum atomic E-state index is 12.0. The van der Waals surface area contributed by atoms with Crippen molar-refractivity contribution in [2.45, 2.75) is 27.7 Å². The zero-order chi connectivity index (χ0) is 19.4. The van der Waals surface area contributed by atoms with Crippen LogP contribution >= 0.6 is 11.3 Å². The van der Waals surface area contributed by atoms with Crippen LogP contribution in [-0.4, -0.2) is 28.3 Å². The van der Waals surface area contributed by atoms with Gasteiger partial charge in [-0.1, -0.05) is 6.07 Å². The molecule has 0 spiro atoms. The lowest BCUT2D eigenvalue weighted by atomic mass is 10.1. The lowest BCUT2D eigenvalue weighted by Crippen LogP contribution is -2.24. The molecule has 0 fully saturated rings. The molecule has 0 unspecified atom stereocenters. The molecule has 1 N–H and O–H groups in total. The molecule has 0 aliphatic heterocycles. The van der Waals surface area contributed by atoms with E-state index < -0.39 is 0 Å². The highest BCUT2D eigenvalue weighted by Gasteiger charge is 2.11. The Kier molecular flexibility index (Phi) is 5.71. The van der Waals surface area contributed by atoms with Gasteiger partial charge < -0.3 is 4.74 Å². The second kappa shape index (κ2) is 8.18.